The number of alkyl halides is 1. The molecule has 1 atom stereocenters. The summed E-state index contributed by atoms with van der Waals surface area (Å²) in [5.41, 5.74) is 1.81. The van der Waals surface area contributed by atoms with Gasteiger partial charge in [0.25, 0.3) is 0 Å². The average Bonchev–Trinajstić information content (AvgIpc) is 3.02. The van der Waals surface area contributed by atoms with Gasteiger partial charge in [-0.25, -0.2) is 17.6 Å². The van der Waals surface area contributed by atoms with Crippen LogP contribution in [0.25, 0.3) is 10.9 Å². The molecule has 3 heterocycles. The quantitative estimate of drug-likeness (QED) is 0.192. The van der Waals surface area contributed by atoms with Crippen molar-refractivity contribution >= 4 is 22.7 Å². The van der Waals surface area contributed by atoms with Crippen LogP contribution in [0.15, 0.2) is 41.4 Å². The highest BCUT2D eigenvalue weighted by Crippen LogP contribution is 2.41. The van der Waals surface area contributed by atoms with Crippen molar-refractivity contribution in [2.24, 2.45) is 5.41 Å². The van der Waals surface area contributed by atoms with Gasteiger partial charge in [0.2, 0.25) is 0 Å². The monoisotopic (exact) mass is 621 g/mol. The minimum atomic E-state index is -1.24. The summed E-state index contributed by atoms with van der Waals surface area (Å²) in [4.78, 5) is 8.90. The molecule has 234 valence electrons. The Kier molecular flexibility index (Phi) is 10.8. The molecular weight excluding hydrogens is 582 g/mol. The number of ether oxygens (including phenoxy) is 2. The maximum atomic E-state index is 16.4. The smallest absolute Gasteiger partial charge is 0.142 e. The van der Waals surface area contributed by atoms with Crippen LogP contribution in [0.2, 0.25) is 0 Å². The first-order valence-corrected chi connectivity index (χ1v) is 15.8. The third-order valence-electron chi connectivity index (χ3n) is 8.81. The lowest BCUT2D eigenvalue weighted by Gasteiger charge is -2.41. The van der Waals surface area contributed by atoms with Gasteiger partial charge in [-0.05, 0) is 68.0 Å². The normalized spacial score (nSPS) is 18.7. The second-order valence-corrected chi connectivity index (χ2v) is 12.6. The van der Waals surface area contributed by atoms with Crippen LogP contribution in [0, 0.1) is 22.9 Å². The predicted molar refractivity (Wildman–Crippen MR) is 160 cm³/mol. The van der Waals surface area contributed by atoms with Crippen LogP contribution in [-0.4, -0.2) is 85.3 Å². The Morgan fingerprint density at radius 2 is 1.77 bits per heavy atom. The second-order valence-electron chi connectivity index (χ2n) is 11.5. The van der Waals surface area contributed by atoms with Crippen LogP contribution < -0.4 is 4.74 Å². The van der Waals surface area contributed by atoms with Gasteiger partial charge in [0, 0.05) is 67.8 Å². The molecule has 0 aliphatic carbocycles. The summed E-state index contributed by atoms with van der Waals surface area (Å²) in [6, 6.07) is 6.92. The van der Waals surface area contributed by atoms with Crippen LogP contribution in [0.3, 0.4) is 0 Å². The number of hydrogen-bond donors (Lipinski definition) is 1. The lowest BCUT2D eigenvalue weighted by molar-refractivity contribution is 0.0311. The number of morpholine rings is 1. The molecule has 0 unspecified atom stereocenters. The molecule has 2 aromatic carbocycles. The molecule has 0 amide bonds. The average molecular weight is 622 g/mol. The van der Waals surface area contributed by atoms with Crippen molar-refractivity contribution < 1.29 is 32.1 Å². The molecule has 5 rings (SSSR count). The molecule has 2 saturated heterocycles. The van der Waals surface area contributed by atoms with E-state index < -0.39 is 29.0 Å². The predicted octanol–water partition coefficient (Wildman–Crippen LogP) is 6.15. The number of thioether (sulfide) groups is 1. The third kappa shape index (κ3) is 7.81. The van der Waals surface area contributed by atoms with Crippen molar-refractivity contribution in [1.82, 2.24) is 14.8 Å². The minimum Gasteiger partial charge on any atom is -0.497 e. The number of methoxy groups -OCH3 is 1. The number of benzene rings is 2. The van der Waals surface area contributed by atoms with Crippen molar-refractivity contribution in [3.8, 4) is 5.75 Å². The SMILES string of the molecule is COc1ccc2ncc(CN3CCOCC3)c([C@@H](F)CCC3(CO)CCN(CCSc4c(F)cc(F)cc4F)CC3)c2c1. The molecule has 2 aliphatic rings. The first-order chi connectivity index (χ1) is 20.8. The van der Waals surface area contributed by atoms with E-state index >= 15 is 4.39 Å². The van der Waals surface area contributed by atoms with E-state index in [4.69, 9.17) is 9.47 Å². The summed E-state index contributed by atoms with van der Waals surface area (Å²) >= 11 is 1.03. The fourth-order valence-electron chi connectivity index (χ4n) is 6.12. The van der Waals surface area contributed by atoms with E-state index in [0.29, 0.717) is 93.4 Å². The number of nitrogens with zero attached hydrogens (tertiary/aromatic N) is 3. The van der Waals surface area contributed by atoms with Crippen LogP contribution in [-0.2, 0) is 11.3 Å². The molecule has 6 nitrogen and oxygen atoms in total. The summed E-state index contributed by atoms with van der Waals surface area (Å²) in [5, 5.41) is 11.2. The number of piperidine rings is 1. The van der Waals surface area contributed by atoms with Crippen molar-refractivity contribution in [3.63, 3.8) is 0 Å². The number of halogens is 4. The van der Waals surface area contributed by atoms with E-state index in [1.165, 1.54) is 0 Å². The number of rotatable bonds is 12. The number of likely N-dealkylation sites (tertiary alicyclic amines) is 1. The van der Waals surface area contributed by atoms with E-state index in [2.05, 4.69) is 14.8 Å². The summed E-state index contributed by atoms with van der Waals surface area (Å²) in [5.74, 6) is -1.63. The maximum absolute atomic E-state index is 16.4. The van der Waals surface area contributed by atoms with Gasteiger partial charge in [0.05, 0.1) is 30.7 Å². The number of pyridine rings is 1. The summed E-state index contributed by atoms with van der Waals surface area (Å²) in [6.45, 7) is 5.42. The standard InChI is InChI=1S/C32H39F4N3O3S/c1-41-24-2-3-29-25(18-24)30(22(19-37-29)20-39-10-13-42-14-11-39)26(34)4-5-32(21-40)6-8-38(9-7-32)12-15-43-31-27(35)16-23(33)17-28(31)36/h2-3,16-19,26,40H,4-15,20-21H2,1H3/t26-/m0/s1. The Bertz CT molecular complexity index is 1360. The molecule has 11 heteroatoms. The lowest BCUT2D eigenvalue weighted by atomic mass is 9.74. The van der Waals surface area contributed by atoms with Crippen LogP contribution in [0.1, 0.15) is 43.0 Å². The highest BCUT2D eigenvalue weighted by molar-refractivity contribution is 7.99. The largest absolute Gasteiger partial charge is 0.497 e. The zero-order chi connectivity index (χ0) is 30.4. The highest BCUT2D eigenvalue weighted by atomic mass is 32.2. The van der Waals surface area contributed by atoms with Gasteiger partial charge in [0.1, 0.15) is 29.4 Å². The second kappa shape index (κ2) is 14.6. The Labute approximate surface area is 254 Å². The summed E-state index contributed by atoms with van der Waals surface area (Å²) < 4.78 is 68.5. The van der Waals surface area contributed by atoms with Gasteiger partial charge in [0.15, 0.2) is 0 Å². The Morgan fingerprint density at radius 3 is 2.44 bits per heavy atom. The Balaban J connectivity index is 1.22. The number of aromatic nitrogens is 1. The molecule has 3 aromatic rings. The molecule has 43 heavy (non-hydrogen) atoms. The van der Waals surface area contributed by atoms with Crippen molar-refractivity contribution in [2.45, 2.75) is 43.3 Å². The van der Waals surface area contributed by atoms with E-state index in [1.807, 2.05) is 18.2 Å². The fraction of sp³-hybridized carbons (Fsp3) is 0.531. The number of hydrogen-bond acceptors (Lipinski definition) is 7. The molecule has 0 spiro atoms. The fourth-order valence-corrected chi connectivity index (χ4v) is 7.06. The Hall–Kier alpha value is -2.44. The molecule has 2 fully saturated rings. The molecule has 0 radical (unpaired) electrons. The van der Waals surface area contributed by atoms with Crippen molar-refractivity contribution in [1.29, 1.82) is 0 Å². The van der Waals surface area contributed by atoms with Gasteiger partial charge in [-0.2, -0.15) is 0 Å². The molecule has 1 N–H and O–H groups in total. The first-order valence-electron chi connectivity index (χ1n) is 14.8. The van der Waals surface area contributed by atoms with Gasteiger partial charge >= 0.3 is 0 Å². The zero-order valence-corrected chi connectivity index (χ0v) is 25.3. The molecule has 2 aliphatic heterocycles. The number of aliphatic hydroxyl groups excluding tert-OH is 1. The molecule has 1 aromatic heterocycles. The zero-order valence-electron chi connectivity index (χ0n) is 24.5. The van der Waals surface area contributed by atoms with Crippen LogP contribution in [0.5, 0.6) is 5.75 Å². The first kappa shape index (κ1) is 32.0. The van der Waals surface area contributed by atoms with Gasteiger partial charge < -0.3 is 19.5 Å². The molecule has 0 saturated carbocycles. The van der Waals surface area contributed by atoms with Crippen molar-refractivity contribution in [2.75, 3.05) is 65.4 Å². The van der Waals surface area contributed by atoms with Gasteiger partial charge in [-0.15, -0.1) is 11.8 Å². The molecule has 0 bridgehead atoms. The van der Waals surface area contributed by atoms with Gasteiger partial charge in [-0.1, -0.05) is 0 Å². The summed E-state index contributed by atoms with van der Waals surface area (Å²) in [6.07, 6.45) is 2.74. The number of fused-ring (bicyclic) bond motifs is 1. The van der Waals surface area contributed by atoms with E-state index in [-0.39, 0.29) is 17.9 Å². The van der Waals surface area contributed by atoms with E-state index in [0.717, 1.165) is 35.8 Å². The Morgan fingerprint density at radius 1 is 1.05 bits per heavy atom. The third-order valence-corrected chi connectivity index (χ3v) is 9.87. The highest BCUT2D eigenvalue weighted by Gasteiger charge is 2.35. The number of aliphatic hydroxyl groups is 1. The molecular formula is C32H39F4N3O3S. The topological polar surface area (TPSA) is 58.1 Å². The van der Waals surface area contributed by atoms with Crippen LogP contribution >= 0.6 is 11.8 Å². The van der Waals surface area contributed by atoms with E-state index in [9.17, 15) is 18.3 Å². The van der Waals surface area contributed by atoms with E-state index in [1.54, 1.807) is 13.3 Å². The lowest BCUT2D eigenvalue weighted by Crippen LogP contribution is -2.43. The van der Waals surface area contributed by atoms with Crippen molar-refractivity contribution in [3.05, 3.63) is 65.1 Å². The summed E-state index contributed by atoms with van der Waals surface area (Å²) in [7, 11) is 1.59. The van der Waals surface area contributed by atoms with Crippen LogP contribution in [0.4, 0.5) is 17.6 Å². The minimum absolute atomic E-state index is 0.0279. The van der Waals surface area contributed by atoms with Gasteiger partial charge in [-0.3, -0.25) is 9.88 Å². The maximum Gasteiger partial charge on any atom is 0.142 e.